The van der Waals surface area contributed by atoms with E-state index in [1.54, 1.807) is 0 Å². The molecule has 0 aliphatic carbocycles. The van der Waals surface area contributed by atoms with Crippen LogP contribution >= 0.6 is 0 Å². The molecular formula is C17H27N3O. The van der Waals surface area contributed by atoms with Gasteiger partial charge in [-0.05, 0) is 46.1 Å². The van der Waals surface area contributed by atoms with Gasteiger partial charge in [0.2, 0.25) is 0 Å². The first-order valence-electron chi connectivity index (χ1n) is 8.11. The smallest absolute Gasteiger partial charge is 0.124 e. The summed E-state index contributed by atoms with van der Waals surface area (Å²) in [6.07, 6.45) is 2.73. The second-order valence-electron chi connectivity index (χ2n) is 6.21. The van der Waals surface area contributed by atoms with E-state index in [0.717, 1.165) is 18.9 Å². The van der Waals surface area contributed by atoms with Crippen LogP contribution in [0.1, 0.15) is 24.4 Å². The Bertz CT molecular complexity index is 459. The van der Waals surface area contributed by atoms with Crippen LogP contribution in [0.15, 0.2) is 24.3 Å². The summed E-state index contributed by atoms with van der Waals surface area (Å²) in [6, 6.07) is 9.13. The zero-order valence-corrected chi connectivity index (χ0v) is 13.2. The number of likely N-dealkylation sites (tertiary alicyclic amines) is 1. The number of hydrogen-bond donors (Lipinski definition) is 1. The van der Waals surface area contributed by atoms with Crippen molar-refractivity contribution in [1.82, 2.24) is 15.1 Å². The lowest BCUT2D eigenvalue weighted by atomic mass is 9.95. The van der Waals surface area contributed by atoms with Crippen molar-refractivity contribution < 1.29 is 4.74 Å². The molecule has 116 valence electrons. The van der Waals surface area contributed by atoms with E-state index >= 15 is 0 Å². The Morgan fingerprint density at radius 2 is 2.05 bits per heavy atom. The molecule has 1 aromatic rings. The van der Waals surface area contributed by atoms with Crippen molar-refractivity contribution in [1.29, 1.82) is 0 Å². The van der Waals surface area contributed by atoms with Crippen LogP contribution in [-0.2, 0) is 0 Å². The van der Waals surface area contributed by atoms with Crippen molar-refractivity contribution in [3.63, 3.8) is 0 Å². The summed E-state index contributed by atoms with van der Waals surface area (Å²) in [4.78, 5) is 5.03. The minimum absolute atomic E-state index is 0.346. The number of rotatable bonds is 5. The predicted molar refractivity (Wildman–Crippen MR) is 85.8 cm³/mol. The van der Waals surface area contributed by atoms with Gasteiger partial charge in [0, 0.05) is 18.7 Å². The minimum atomic E-state index is 0.346. The number of likely N-dealkylation sites (N-methyl/N-ethyl adjacent to an activating group) is 2. The van der Waals surface area contributed by atoms with Crippen LogP contribution in [0.4, 0.5) is 0 Å². The second-order valence-corrected chi connectivity index (χ2v) is 6.21. The van der Waals surface area contributed by atoms with Crippen molar-refractivity contribution in [3.05, 3.63) is 29.8 Å². The molecule has 21 heavy (non-hydrogen) atoms. The Kier molecular flexibility index (Phi) is 4.78. The maximum atomic E-state index is 5.97. The fourth-order valence-corrected chi connectivity index (χ4v) is 3.55. The standard InChI is InChI=1S/C17H27N3O/c1-18-17-14-7-3-4-8-16(14)21-13-15(17)19(2)11-12-20-9-5-6-10-20/h3-4,7-8,15,17-18H,5-6,9-13H2,1-2H3. The molecule has 3 rings (SSSR count). The SMILES string of the molecule is CNC1c2ccccc2OCC1N(C)CCN1CCCC1. The zero-order valence-electron chi connectivity index (χ0n) is 13.2. The summed E-state index contributed by atoms with van der Waals surface area (Å²) < 4.78 is 5.97. The molecule has 1 fully saturated rings. The molecule has 2 aliphatic rings. The van der Waals surface area contributed by atoms with Crippen molar-refractivity contribution >= 4 is 0 Å². The number of para-hydroxylation sites is 1. The molecule has 2 unspecified atom stereocenters. The van der Waals surface area contributed by atoms with Gasteiger partial charge < -0.3 is 15.0 Å². The number of nitrogens with zero attached hydrogens (tertiary/aromatic N) is 2. The van der Waals surface area contributed by atoms with Crippen molar-refractivity contribution in [2.75, 3.05) is 46.9 Å². The van der Waals surface area contributed by atoms with E-state index in [1.807, 2.05) is 13.1 Å². The van der Waals surface area contributed by atoms with Crippen molar-refractivity contribution in [2.45, 2.75) is 24.9 Å². The number of hydrogen-bond acceptors (Lipinski definition) is 4. The molecule has 0 spiro atoms. The molecule has 4 heteroatoms. The van der Waals surface area contributed by atoms with E-state index < -0.39 is 0 Å². The third kappa shape index (κ3) is 3.23. The van der Waals surface area contributed by atoms with Gasteiger partial charge in [0.25, 0.3) is 0 Å². The largest absolute Gasteiger partial charge is 0.492 e. The Morgan fingerprint density at radius 1 is 1.29 bits per heavy atom. The van der Waals surface area contributed by atoms with Crippen LogP contribution in [0.25, 0.3) is 0 Å². The maximum absolute atomic E-state index is 5.97. The van der Waals surface area contributed by atoms with Gasteiger partial charge >= 0.3 is 0 Å². The first-order chi connectivity index (χ1) is 10.3. The first-order valence-corrected chi connectivity index (χ1v) is 8.11. The van der Waals surface area contributed by atoms with Gasteiger partial charge in [-0.3, -0.25) is 4.90 Å². The highest BCUT2D eigenvalue weighted by Gasteiger charge is 2.32. The fraction of sp³-hybridized carbons (Fsp3) is 0.647. The summed E-state index contributed by atoms with van der Waals surface area (Å²) in [5, 5.41) is 3.48. The summed E-state index contributed by atoms with van der Waals surface area (Å²) in [5.41, 5.74) is 1.28. The number of benzene rings is 1. The minimum Gasteiger partial charge on any atom is -0.492 e. The van der Waals surface area contributed by atoms with Gasteiger partial charge in [-0.1, -0.05) is 18.2 Å². The molecule has 1 saturated heterocycles. The number of nitrogens with one attached hydrogen (secondary N) is 1. The highest BCUT2D eigenvalue weighted by Crippen LogP contribution is 2.33. The molecule has 2 heterocycles. The van der Waals surface area contributed by atoms with E-state index in [-0.39, 0.29) is 0 Å². The lowest BCUT2D eigenvalue weighted by Crippen LogP contribution is -2.49. The van der Waals surface area contributed by atoms with E-state index in [0.29, 0.717) is 12.1 Å². The third-order valence-electron chi connectivity index (χ3n) is 4.89. The van der Waals surface area contributed by atoms with Crippen LogP contribution in [0.5, 0.6) is 5.75 Å². The van der Waals surface area contributed by atoms with Gasteiger partial charge in [-0.25, -0.2) is 0 Å². The van der Waals surface area contributed by atoms with Gasteiger partial charge in [0.05, 0.1) is 12.1 Å². The molecule has 0 aromatic heterocycles. The quantitative estimate of drug-likeness (QED) is 0.893. The Balaban J connectivity index is 1.64. The normalized spacial score (nSPS) is 25.9. The molecule has 1 aromatic carbocycles. The van der Waals surface area contributed by atoms with E-state index in [1.165, 1.54) is 38.0 Å². The van der Waals surface area contributed by atoms with Crippen molar-refractivity contribution in [3.8, 4) is 5.75 Å². The molecule has 1 N–H and O–H groups in total. The average molecular weight is 289 g/mol. The lowest BCUT2D eigenvalue weighted by molar-refractivity contribution is 0.101. The predicted octanol–water partition coefficient (Wildman–Crippen LogP) is 1.74. The molecule has 2 atom stereocenters. The maximum Gasteiger partial charge on any atom is 0.124 e. The van der Waals surface area contributed by atoms with Gasteiger partial charge in [-0.2, -0.15) is 0 Å². The average Bonchev–Trinajstić information content (AvgIpc) is 3.04. The van der Waals surface area contributed by atoms with Gasteiger partial charge in [-0.15, -0.1) is 0 Å². The second kappa shape index (κ2) is 6.77. The number of ether oxygens (including phenoxy) is 1. The van der Waals surface area contributed by atoms with Gasteiger partial charge in [0.15, 0.2) is 0 Å². The van der Waals surface area contributed by atoms with E-state index in [4.69, 9.17) is 4.74 Å². The third-order valence-corrected chi connectivity index (χ3v) is 4.89. The highest BCUT2D eigenvalue weighted by molar-refractivity contribution is 5.38. The van der Waals surface area contributed by atoms with Gasteiger partial charge in [0.1, 0.15) is 12.4 Å². The lowest BCUT2D eigenvalue weighted by Gasteiger charge is -2.39. The molecule has 0 bridgehead atoms. The molecule has 0 radical (unpaired) electrons. The molecular weight excluding hydrogens is 262 g/mol. The topological polar surface area (TPSA) is 27.7 Å². The first kappa shape index (κ1) is 14.8. The Hall–Kier alpha value is -1.10. The molecule has 0 amide bonds. The fourth-order valence-electron chi connectivity index (χ4n) is 3.55. The van der Waals surface area contributed by atoms with Crippen LogP contribution in [0.3, 0.4) is 0 Å². The Labute approximate surface area is 128 Å². The zero-order chi connectivity index (χ0) is 14.7. The van der Waals surface area contributed by atoms with Crippen LogP contribution < -0.4 is 10.1 Å². The summed E-state index contributed by atoms with van der Waals surface area (Å²) >= 11 is 0. The monoisotopic (exact) mass is 289 g/mol. The van der Waals surface area contributed by atoms with Crippen LogP contribution in [0.2, 0.25) is 0 Å². The summed E-state index contributed by atoms with van der Waals surface area (Å²) in [6.45, 7) is 5.58. The van der Waals surface area contributed by atoms with Crippen LogP contribution in [0, 0.1) is 0 Å². The summed E-state index contributed by atoms with van der Waals surface area (Å²) in [5.74, 6) is 1.03. The Morgan fingerprint density at radius 3 is 2.81 bits per heavy atom. The van der Waals surface area contributed by atoms with Crippen LogP contribution in [-0.4, -0.2) is 62.7 Å². The summed E-state index contributed by atoms with van der Waals surface area (Å²) in [7, 11) is 4.27. The number of fused-ring (bicyclic) bond motifs is 1. The molecule has 0 saturated carbocycles. The van der Waals surface area contributed by atoms with E-state index in [2.05, 4.69) is 40.4 Å². The van der Waals surface area contributed by atoms with Crippen molar-refractivity contribution in [2.24, 2.45) is 0 Å². The highest BCUT2D eigenvalue weighted by atomic mass is 16.5. The molecule has 4 nitrogen and oxygen atoms in total. The van der Waals surface area contributed by atoms with E-state index in [9.17, 15) is 0 Å². The molecule has 2 aliphatic heterocycles.